The van der Waals surface area contributed by atoms with E-state index in [1.165, 1.54) is 24.8 Å². The average molecular weight is 361 g/mol. The van der Waals surface area contributed by atoms with Crippen LogP contribution in [-0.2, 0) is 9.59 Å². The predicted molar refractivity (Wildman–Crippen MR) is 96.3 cm³/mol. The van der Waals surface area contributed by atoms with E-state index < -0.39 is 17.9 Å². The summed E-state index contributed by atoms with van der Waals surface area (Å²) in [6, 6.07) is 7.17. The molecule has 7 nitrogen and oxygen atoms in total. The van der Waals surface area contributed by atoms with E-state index in [4.69, 9.17) is 10.4 Å². The maximum absolute atomic E-state index is 12.1. The topological polar surface area (TPSA) is 119 Å². The summed E-state index contributed by atoms with van der Waals surface area (Å²) in [4.78, 5) is 34.7. The predicted octanol–water partition coefficient (Wildman–Crippen LogP) is 2.03. The number of carboxylic acid groups (broad SMARTS) is 1. The number of thioether (sulfide) groups is 1. The Morgan fingerprint density at radius 2 is 2.12 bits per heavy atom. The maximum Gasteiger partial charge on any atom is 0.326 e. The minimum absolute atomic E-state index is 0.146. The van der Waals surface area contributed by atoms with Crippen LogP contribution in [0.25, 0.3) is 0 Å². The zero-order chi connectivity index (χ0) is 18.8. The van der Waals surface area contributed by atoms with Gasteiger partial charge in [0.25, 0.3) is 5.91 Å². The highest BCUT2D eigenvalue weighted by atomic mass is 32.2. The highest BCUT2D eigenvalue weighted by Gasteiger charge is 2.17. The number of anilines is 1. The van der Waals surface area contributed by atoms with Crippen molar-refractivity contribution >= 4 is 35.1 Å². The minimum atomic E-state index is -1.06. The number of carboxylic acids is 1. The van der Waals surface area contributed by atoms with Crippen molar-refractivity contribution in [1.29, 1.82) is 5.26 Å². The number of nitrogens with zero attached hydrogens (tertiary/aromatic N) is 1. The molecule has 3 N–H and O–H groups in total. The van der Waals surface area contributed by atoms with E-state index in [2.05, 4.69) is 10.6 Å². The SMILES string of the molecule is CSCCC(N/C=C(/C#N)C(=O)Nc1cccc(C(C)=O)c1)C(=O)O. The van der Waals surface area contributed by atoms with Crippen LogP contribution < -0.4 is 10.6 Å². The van der Waals surface area contributed by atoms with Crippen molar-refractivity contribution in [3.05, 3.63) is 41.6 Å². The Morgan fingerprint density at radius 3 is 2.68 bits per heavy atom. The number of hydrogen-bond acceptors (Lipinski definition) is 6. The minimum Gasteiger partial charge on any atom is -0.480 e. The Morgan fingerprint density at radius 1 is 1.40 bits per heavy atom. The van der Waals surface area contributed by atoms with Crippen LogP contribution in [0.2, 0.25) is 0 Å². The highest BCUT2D eigenvalue weighted by Crippen LogP contribution is 2.12. The van der Waals surface area contributed by atoms with Gasteiger partial charge in [-0.2, -0.15) is 17.0 Å². The van der Waals surface area contributed by atoms with Gasteiger partial charge in [0.05, 0.1) is 0 Å². The van der Waals surface area contributed by atoms with Crippen LogP contribution in [-0.4, -0.2) is 40.8 Å². The molecule has 0 bridgehead atoms. The fraction of sp³-hybridized carbons (Fsp3) is 0.294. The Labute approximate surface area is 150 Å². The second-order valence-corrected chi connectivity index (χ2v) is 6.09. The number of carbonyl (C=O) groups excluding carboxylic acids is 2. The third kappa shape index (κ3) is 6.69. The Hall–Kier alpha value is -2.79. The first kappa shape index (κ1) is 20.3. The maximum atomic E-state index is 12.1. The first-order valence-electron chi connectivity index (χ1n) is 7.39. The van der Waals surface area contributed by atoms with Gasteiger partial charge in [0.15, 0.2) is 5.78 Å². The standard InChI is InChI=1S/C17H19N3O4S/c1-11(21)12-4-3-5-14(8-12)20-16(22)13(9-18)10-19-15(17(23)24)6-7-25-2/h3-5,8,10,15,19H,6-7H2,1-2H3,(H,20,22)(H,23,24)/b13-10-. The number of Topliss-reactive ketones (excluding diaryl/α,β-unsaturated/α-hetero) is 1. The molecule has 25 heavy (non-hydrogen) atoms. The molecule has 0 aliphatic rings. The lowest BCUT2D eigenvalue weighted by Crippen LogP contribution is -2.34. The van der Waals surface area contributed by atoms with Crippen molar-refractivity contribution in [3.8, 4) is 6.07 Å². The largest absolute Gasteiger partial charge is 0.480 e. The number of nitriles is 1. The number of rotatable bonds is 9. The molecule has 1 rings (SSSR count). The molecule has 1 aromatic rings. The van der Waals surface area contributed by atoms with Crippen molar-refractivity contribution in [2.45, 2.75) is 19.4 Å². The number of aliphatic carboxylic acids is 1. The number of nitrogens with one attached hydrogen (secondary N) is 2. The number of carbonyl (C=O) groups is 3. The second-order valence-electron chi connectivity index (χ2n) is 5.10. The lowest BCUT2D eigenvalue weighted by atomic mass is 10.1. The van der Waals surface area contributed by atoms with Crippen LogP contribution in [0.1, 0.15) is 23.7 Å². The van der Waals surface area contributed by atoms with Crippen molar-refractivity contribution < 1.29 is 19.5 Å². The smallest absolute Gasteiger partial charge is 0.326 e. The fourth-order valence-corrected chi connectivity index (χ4v) is 2.33. The molecule has 1 atom stereocenters. The van der Waals surface area contributed by atoms with Gasteiger partial charge in [0.2, 0.25) is 0 Å². The van der Waals surface area contributed by atoms with E-state index in [1.54, 1.807) is 24.3 Å². The molecular formula is C17H19N3O4S. The summed E-state index contributed by atoms with van der Waals surface area (Å²) in [5.74, 6) is -1.27. The van der Waals surface area contributed by atoms with E-state index in [9.17, 15) is 14.4 Å². The summed E-state index contributed by atoms with van der Waals surface area (Å²) in [5.41, 5.74) is 0.543. The van der Waals surface area contributed by atoms with Crippen molar-refractivity contribution in [1.82, 2.24) is 5.32 Å². The molecule has 0 saturated heterocycles. The molecule has 0 aliphatic heterocycles. The van der Waals surface area contributed by atoms with Crippen LogP contribution in [0, 0.1) is 11.3 Å². The van der Waals surface area contributed by atoms with Gasteiger partial charge in [0, 0.05) is 17.5 Å². The molecule has 132 valence electrons. The lowest BCUT2D eigenvalue weighted by Gasteiger charge is -2.12. The summed E-state index contributed by atoms with van der Waals surface area (Å²) in [6.45, 7) is 1.41. The Balaban J connectivity index is 2.83. The molecule has 1 amide bonds. The van der Waals surface area contributed by atoms with Gasteiger partial charge in [-0.25, -0.2) is 4.79 Å². The summed E-state index contributed by atoms with van der Waals surface area (Å²) in [6.07, 6.45) is 3.31. The number of amides is 1. The monoisotopic (exact) mass is 361 g/mol. The third-order valence-electron chi connectivity index (χ3n) is 3.23. The van der Waals surface area contributed by atoms with Gasteiger partial charge in [0.1, 0.15) is 17.7 Å². The van der Waals surface area contributed by atoms with Crippen molar-refractivity contribution in [3.63, 3.8) is 0 Å². The fourth-order valence-electron chi connectivity index (χ4n) is 1.86. The first-order valence-corrected chi connectivity index (χ1v) is 8.78. The summed E-state index contributed by atoms with van der Waals surface area (Å²) >= 11 is 1.50. The van der Waals surface area contributed by atoms with Gasteiger partial charge in [-0.1, -0.05) is 12.1 Å². The van der Waals surface area contributed by atoms with Crippen LogP contribution in [0.4, 0.5) is 5.69 Å². The molecule has 0 aliphatic carbocycles. The summed E-state index contributed by atoms with van der Waals surface area (Å²) in [5, 5.41) is 23.3. The number of ketones is 1. The normalized spacial score (nSPS) is 12.0. The molecule has 8 heteroatoms. The van der Waals surface area contributed by atoms with E-state index in [0.29, 0.717) is 23.4 Å². The van der Waals surface area contributed by atoms with Crippen LogP contribution in [0.15, 0.2) is 36.0 Å². The van der Waals surface area contributed by atoms with Crippen LogP contribution in [0.3, 0.4) is 0 Å². The van der Waals surface area contributed by atoms with Gasteiger partial charge < -0.3 is 15.7 Å². The van der Waals surface area contributed by atoms with Gasteiger partial charge >= 0.3 is 5.97 Å². The Kier molecular flexibility index (Phi) is 8.23. The van der Waals surface area contributed by atoms with Crippen molar-refractivity contribution in [2.24, 2.45) is 0 Å². The third-order valence-corrected chi connectivity index (χ3v) is 3.87. The molecule has 0 saturated carbocycles. The quantitative estimate of drug-likeness (QED) is 0.350. The van der Waals surface area contributed by atoms with Gasteiger partial charge in [-0.15, -0.1) is 0 Å². The van der Waals surface area contributed by atoms with Gasteiger partial charge in [-0.05, 0) is 37.5 Å². The molecule has 0 spiro atoms. The number of benzene rings is 1. The molecule has 1 aromatic carbocycles. The summed E-state index contributed by atoms with van der Waals surface area (Å²) < 4.78 is 0. The van der Waals surface area contributed by atoms with Gasteiger partial charge in [-0.3, -0.25) is 9.59 Å². The van der Waals surface area contributed by atoms with Crippen LogP contribution >= 0.6 is 11.8 Å². The molecule has 0 fully saturated rings. The molecular weight excluding hydrogens is 342 g/mol. The summed E-state index contributed by atoms with van der Waals surface area (Å²) in [7, 11) is 0. The Bertz CT molecular complexity index is 725. The van der Waals surface area contributed by atoms with E-state index in [-0.39, 0.29) is 11.4 Å². The number of hydrogen-bond donors (Lipinski definition) is 3. The molecule has 1 unspecified atom stereocenters. The second kappa shape index (κ2) is 10.2. The van der Waals surface area contributed by atoms with E-state index in [1.807, 2.05) is 6.26 Å². The van der Waals surface area contributed by atoms with Crippen molar-refractivity contribution in [2.75, 3.05) is 17.3 Å². The molecule has 0 aromatic heterocycles. The zero-order valence-electron chi connectivity index (χ0n) is 13.9. The van der Waals surface area contributed by atoms with Crippen LogP contribution in [0.5, 0.6) is 0 Å². The molecule has 0 radical (unpaired) electrons. The van der Waals surface area contributed by atoms with E-state index >= 15 is 0 Å². The highest BCUT2D eigenvalue weighted by molar-refractivity contribution is 7.98. The molecule has 0 heterocycles. The van der Waals surface area contributed by atoms with E-state index in [0.717, 1.165) is 6.20 Å². The first-order chi connectivity index (χ1) is 11.9. The average Bonchev–Trinajstić information content (AvgIpc) is 2.57. The lowest BCUT2D eigenvalue weighted by molar-refractivity contribution is -0.139. The zero-order valence-corrected chi connectivity index (χ0v) is 14.7.